The largest absolute Gasteiger partial charge is 0.494 e. The van der Waals surface area contributed by atoms with Crippen LogP contribution in [0.3, 0.4) is 0 Å². The topological polar surface area (TPSA) is 71.4 Å². The Morgan fingerprint density at radius 1 is 1.07 bits per heavy atom. The van der Waals surface area contributed by atoms with Gasteiger partial charge in [0.15, 0.2) is 11.5 Å². The Balaban J connectivity index is 1.34. The summed E-state index contributed by atoms with van der Waals surface area (Å²) in [5.74, 6) is 2.23. The molecule has 2 aliphatic rings. The minimum atomic E-state index is -0.873. The fourth-order valence-electron chi connectivity index (χ4n) is 3.88. The number of aliphatic hydroxyl groups excluding tert-OH is 1. The maximum Gasteiger partial charge on any atom is 0.231 e. The van der Waals surface area contributed by atoms with E-state index in [2.05, 4.69) is 4.90 Å². The summed E-state index contributed by atoms with van der Waals surface area (Å²) in [6, 6.07) is 13.2. The van der Waals surface area contributed by atoms with Crippen LogP contribution in [0.1, 0.15) is 37.0 Å². The Hall–Kier alpha value is -2.28. The molecule has 0 unspecified atom stereocenters. The number of β-amino-alcohol motifs (C(OH)–C–C–N with tert-alkyl or cyclic N) is 1. The van der Waals surface area contributed by atoms with Crippen LogP contribution in [0.15, 0.2) is 42.5 Å². The van der Waals surface area contributed by atoms with Gasteiger partial charge in [0, 0.05) is 19.6 Å². The third-order valence-corrected chi connectivity index (χ3v) is 5.60. The molecule has 2 aromatic carbocycles. The highest BCUT2D eigenvalue weighted by atomic mass is 16.7. The Kier molecular flexibility index (Phi) is 5.44. The number of fused-ring (bicyclic) bond motifs is 1. The van der Waals surface area contributed by atoms with E-state index in [0.29, 0.717) is 31.7 Å². The third-order valence-electron chi connectivity index (χ3n) is 5.60. The van der Waals surface area contributed by atoms with Crippen molar-refractivity contribution >= 4 is 0 Å². The SMILES string of the molecule is CCOc1ccc([C@@H](O)CN2CCC(O)(c3ccc4c(c3)OCO4)CC2)cc1. The van der Waals surface area contributed by atoms with Gasteiger partial charge in [-0.2, -0.15) is 0 Å². The molecule has 0 radical (unpaired) electrons. The zero-order chi connectivity index (χ0) is 19.6. The van der Waals surface area contributed by atoms with Crippen molar-refractivity contribution in [3.05, 3.63) is 53.6 Å². The van der Waals surface area contributed by atoms with Crippen LogP contribution in [0.2, 0.25) is 0 Å². The van der Waals surface area contributed by atoms with Crippen molar-refractivity contribution in [3.63, 3.8) is 0 Å². The van der Waals surface area contributed by atoms with Crippen LogP contribution in [-0.4, -0.2) is 48.1 Å². The van der Waals surface area contributed by atoms with E-state index in [0.717, 1.165) is 35.7 Å². The molecule has 2 aromatic rings. The molecule has 0 bridgehead atoms. The summed E-state index contributed by atoms with van der Waals surface area (Å²) >= 11 is 0. The van der Waals surface area contributed by atoms with E-state index in [4.69, 9.17) is 14.2 Å². The van der Waals surface area contributed by atoms with Crippen molar-refractivity contribution in [2.75, 3.05) is 33.0 Å². The molecule has 1 atom stereocenters. The van der Waals surface area contributed by atoms with Gasteiger partial charge in [-0.05, 0) is 55.2 Å². The molecule has 0 aromatic heterocycles. The van der Waals surface area contributed by atoms with Gasteiger partial charge in [-0.15, -0.1) is 0 Å². The first-order chi connectivity index (χ1) is 13.6. The van der Waals surface area contributed by atoms with Gasteiger partial charge in [0.1, 0.15) is 5.75 Å². The summed E-state index contributed by atoms with van der Waals surface area (Å²) in [5.41, 5.74) is 0.866. The first-order valence-electron chi connectivity index (χ1n) is 9.83. The van der Waals surface area contributed by atoms with Crippen molar-refractivity contribution in [3.8, 4) is 17.2 Å². The highest BCUT2D eigenvalue weighted by Gasteiger charge is 2.35. The van der Waals surface area contributed by atoms with Gasteiger partial charge in [0.05, 0.1) is 18.3 Å². The molecule has 0 amide bonds. The van der Waals surface area contributed by atoms with Crippen molar-refractivity contribution in [1.82, 2.24) is 4.90 Å². The van der Waals surface area contributed by atoms with Crippen LogP contribution in [-0.2, 0) is 5.60 Å². The number of likely N-dealkylation sites (tertiary alicyclic amines) is 1. The van der Waals surface area contributed by atoms with Crippen molar-refractivity contribution in [1.29, 1.82) is 0 Å². The minimum absolute atomic E-state index is 0.231. The van der Waals surface area contributed by atoms with E-state index >= 15 is 0 Å². The van der Waals surface area contributed by atoms with Gasteiger partial charge in [0.25, 0.3) is 0 Å². The van der Waals surface area contributed by atoms with Gasteiger partial charge in [-0.1, -0.05) is 18.2 Å². The number of nitrogens with zero attached hydrogens (tertiary/aromatic N) is 1. The summed E-state index contributed by atoms with van der Waals surface area (Å²) in [6.45, 7) is 4.80. The molecule has 2 heterocycles. The number of benzene rings is 2. The fraction of sp³-hybridized carbons (Fsp3) is 0.455. The lowest BCUT2D eigenvalue weighted by atomic mass is 9.84. The number of rotatable bonds is 6. The molecule has 2 aliphatic heterocycles. The lowest BCUT2D eigenvalue weighted by Crippen LogP contribution is -2.43. The van der Waals surface area contributed by atoms with Crippen LogP contribution in [0.25, 0.3) is 0 Å². The van der Waals surface area contributed by atoms with Crippen LogP contribution in [0.5, 0.6) is 17.2 Å². The number of hydrogen-bond acceptors (Lipinski definition) is 6. The first kappa shape index (κ1) is 19.1. The second-order valence-electron chi connectivity index (χ2n) is 7.42. The minimum Gasteiger partial charge on any atom is -0.494 e. The molecule has 1 saturated heterocycles. The number of hydrogen-bond donors (Lipinski definition) is 2. The summed E-state index contributed by atoms with van der Waals surface area (Å²) in [5, 5.41) is 21.7. The van der Waals surface area contributed by atoms with Crippen LogP contribution in [0, 0.1) is 0 Å². The Labute approximate surface area is 165 Å². The van der Waals surface area contributed by atoms with Crippen molar-refractivity contribution < 1.29 is 24.4 Å². The van der Waals surface area contributed by atoms with Gasteiger partial charge >= 0.3 is 0 Å². The van der Waals surface area contributed by atoms with Crippen LogP contribution < -0.4 is 14.2 Å². The molecule has 28 heavy (non-hydrogen) atoms. The quantitative estimate of drug-likeness (QED) is 0.797. The second-order valence-corrected chi connectivity index (χ2v) is 7.42. The lowest BCUT2D eigenvalue weighted by molar-refractivity contribution is -0.0345. The highest BCUT2D eigenvalue weighted by Crippen LogP contribution is 2.39. The monoisotopic (exact) mass is 385 g/mol. The number of ether oxygens (including phenoxy) is 3. The van der Waals surface area contributed by atoms with E-state index in [-0.39, 0.29) is 6.79 Å². The van der Waals surface area contributed by atoms with Crippen molar-refractivity contribution in [2.45, 2.75) is 31.5 Å². The molecule has 150 valence electrons. The maximum atomic E-state index is 11.1. The second kappa shape index (κ2) is 7.99. The van der Waals surface area contributed by atoms with Gasteiger partial charge in [-0.3, -0.25) is 0 Å². The summed E-state index contributed by atoms with van der Waals surface area (Å²) in [4.78, 5) is 2.20. The average Bonchev–Trinajstić information content (AvgIpc) is 3.18. The van der Waals surface area contributed by atoms with E-state index in [1.54, 1.807) is 0 Å². The zero-order valence-electron chi connectivity index (χ0n) is 16.1. The van der Waals surface area contributed by atoms with Crippen molar-refractivity contribution in [2.24, 2.45) is 0 Å². The molecule has 2 N–H and O–H groups in total. The number of aliphatic hydroxyl groups is 2. The smallest absolute Gasteiger partial charge is 0.231 e. The standard InChI is InChI=1S/C22H27NO5/c1-2-26-18-6-3-16(4-7-18)19(24)14-23-11-9-22(25,10-12-23)17-5-8-20-21(13-17)28-15-27-20/h3-8,13,19,24-25H,2,9-12,14-15H2,1H3/t19-/m0/s1. The van der Waals surface area contributed by atoms with E-state index < -0.39 is 11.7 Å². The molecular weight excluding hydrogens is 358 g/mol. The number of piperidine rings is 1. The predicted octanol–water partition coefficient (Wildman–Crippen LogP) is 2.83. The Morgan fingerprint density at radius 2 is 1.79 bits per heavy atom. The molecule has 0 spiro atoms. The Bertz CT molecular complexity index is 799. The highest BCUT2D eigenvalue weighted by molar-refractivity contribution is 5.46. The summed E-state index contributed by atoms with van der Waals surface area (Å²) in [7, 11) is 0. The molecule has 1 fully saturated rings. The Morgan fingerprint density at radius 3 is 2.50 bits per heavy atom. The van der Waals surface area contributed by atoms with Crippen LogP contribution in [0.4, 0.5) is 0 Å². The molecule has 4 rings (SSSR count). The molecule has 0 saturated carbocycles. The predicted molar refractivity (Wildman–Crippen MR) is 105 cm³/mol. The molecule has 0 aliphatic carbocycles. The molecule has 6 nitrogen and oxygen atoms in total. The lowest BCUT2D eigenvalue weighted by Gasteiger charge is -2.39. The third kappa shape index (κ3) is 3.94. The van der Waals surface area contributed by atoms with E-state index in [9.17, 15) is 10.2 Å². The normalized spacial score (nSPS) is 19.4. The van der Waals surface area contributed by atoms with Gasteiger partial charge in [-0.25, -0.2) is 0 Å². The van der Waals surface area contributed by atoms with E-state index in [1.165, 1.54) is 0 Å². The van der Waals surface area contributed by atoms with E-state index in [1.807, 2.05) is 49.4 Å². The fourth-order valence-corrected chi connectivity index (χ4v) is 3.88. The van der Waals surface area contributed by atoms with Gasteiger partial charge in [0.2, 0.25) is 6.79 Å². The maximum absolute atomic E-state index is 11.1. The average molecular weight is 385 g/mol. The molecular formula is C22H27NO5. The van der Waals surface area contributed by atoms with Crippen LogP contribution >= 0.6 is 0 Å². The first-order valence-corrected chi connectivity index (χ1v) is 9.83. The molecule has 6 heteroatoms. The summed E-state index contributed by atoms with van der Waals surface area (Å²) < 4.78 is 16.2. The van der Waals surface area contributed by atoms with Gasteiger partial charge < -0.3 is 29.3 Å². The zero-order valence-corrected chi connectivity index (χ0v) is 16.1. The summed E-state index contributed by atoms with van der Waals surface area (Å²) in [6.07, 6.45) is 0.665.